The molecule has 1 aromatic heterocycles. The van der Waals surface area contributed by atoms with E-state index >= 15 is 0 Å². The SMILES string of the molecule is CC(C)[C@H]([NH2+]CC(=O)N[C@@H](C)c1cc2ccccc2o1)c1ccccc1. The lowest BCUT2D eigenvalue weighted by Crippen LogP contribution is -2.88. The maximum atomic E-state index is 12.4. The quantitative estimate of drug-likeness (QED) is 0.684. The number of carbonyl (C=O) groups is 1. The molecule has 0 saturated heterocycles. The van der Waals surface area contributed by atoms with Gasteiger partial charge < -0.3 is 15.1 Å². The number of carbonyl (C=O) groups excluding carboxylic acids is 1. The summed E-state index contributed by atoms with van der Waals surface area (Å²) >= 11 is 0. The minimum Gasteiger partial charge on any atom is -0.459 e. The van der Waals surface area contributed by atoms with Crippen LogP contribution in [0.3, 0.4) is 0 Å². The molecule has 2 atom stereocenters. The second-order valence-electron chi connectivity index (χ2n) is 7.10. The van der Waals surface area contributed by atoms with Gasteiger partial charge in [-0.3, -0.25) is 4.79 Å². The molecule has 1 amide bonds. The number of benzene rings is 2. The first-order valence-corrected chi connectivity index (χ1v) is 9.20. The van der Waals surface area contributed by atoms with Crippen molar-refractivity contribution >= 4 is 16.9 Å². The topological polar surface area (TPSA) is 58.9 Å². The van der Waals surface area contributed by atoms with Crippen molar-refractivity contribution in [2.24, 2.45) is 5.92 Å². The molecule has 0 fully saturated rings. The van der Waals surface area contributed by atoms with Crippen LogP contribution in [0.2, 0.25) is 0 Å². The van der Waals surface area contributed by atoms with Crippen molar-refractivity contribution in [2.45, 2.75) is 32.9 Å². The van der Waals surface area contributed by atoms with Gasteiger partial charge in [0.1, 0.15) is 17.4 Å². The van der Waals surface area contributed by atoms with Crippen LogP contribution in [-0.2, 0) is 4.79 Å². The molecule has 3 rings (SSSR count). The number of para-hydroxylation sites is 1. The zero-order valence-corrected chi connectivity index (χ0v) is 15.6. The molecule has 0 saturated carbocycles. The highest BCUT2D eigenvalue weighted by molar-refractivity contribution is 5.79. The number of quaternary nitrogens is 1. The fraction of sp³-hybridized carbons (Fsp3) is 0.318. The average Bonchev–Trinajstić information content (AvgIpc) is 3.07. The van der Waals surface area contributed by atoms with E-state index < -0.39 is 0 Å². The zero-order chi connectivity index (χ0) is 18.5. The summed E-state index contributed by atoms with van der Waals surface area (Å²) < 4.78 is 5.84. The molecular weight excluding hydrogens is 324 g/mol. The third-order valence-electron chi connectivity index (χ3n) is 4.71. The van der Waals surface area contributed by atoms with E-state index in [9.17, 15) is 4.79 Å². The molecule has 0 spiro atoms. The van der Waals surface area contributed by atoms with Gasteiger partial charge >= 0.3 is 0 Å². The first-order valence-electron chi connectivity index (χ1n) is 9.20. The maximum absolute atomic E-state index is 12.4. The number of hydrogen-bond acceptors (Lipinski definition) is 2. The Morgan fingerprint density at radius 2 is 1.73 bits per heavy atom. The van der Waals surface area contributed by atoms with Crippen molar-refractivity contribution in [3.63, 3.8) is 0 Å². The Morgan fingerprint density at radius 1 is 1.04 bits per heavy atom. The highest BCUT2D eigenvalue weighted by atomic mass is 16.3. The lowest BCUT2D eigenvalue weighted by Gasteiger charge is -2.20. The fourth-order valence-corrected chi connectivity index (χ4v) is 3.29. The monoisotopic (exact) mass is 351 g/mol. The predicted octanol–water partition coefficient (Wildman–Crippen LogP) is 3.57. The summed E-state index contributed by atoms with van der Waals surface area (Å²) in [6, 6.07) is 20.3. The van der Waals surface area contributed by atoms with Gasteiger partial charge in [0.15, 0.2) is 6.54 Å². The molecular formula is C22H27N2O2+. The van der Waals surface area contributed by atoms with E-state index in [1.165, 1.54) is 5.56 Å². The summed E-state index contributed by atoms with van der Waals surface area (Å²) in [5.41, 5.74) is 2.10. The second-order valence-corrected chi connectivity index (χ2v) is 7.10. The van der Waals surface area contributed by atoms with Crippen LogP contribution in [0, 0.1) is 5.92 Å². The molecule has 3 aromatic rings. The van der Waals surface area contributed by atoms with Crippen molar-refractivity contribution < 1.29 is 14.5 Å². The molecule has 26 heavy (non-hydrogen) atoms. The van der Waals surface area contributed by atoms with Crippen LogP contribution in [-0.4, -0.2) is 12.5 Å². The van der Waals surface area contributed by atoms with Crippen LogP contribution < -0.4 is 10.6 Å². The van der Waals surface area contributed by atoms with Crippen LogP contribution in [0.25, 0.3) is 11.0 Å². The van der Waals surface area contributed by atoms with Crippen molar-refractivity contribution in [2.75, 3.05) is 6.54 Å². The highest BCUT2D eigenvalue weighted by Gasteiger charge is 2.21. The predicted molar refractivity (Wildman–Crippen MR) is 104 cm³/mol. The molecule has 1 heterocycles. The van der Waals surface area contributed by atoms with E-state index in [2.05, 4.69) is 36.6 Å². The smallest absolute Gasteiger partial charge is 0.275 e. The molecule has 0 aliphatic heterocycles. The largest absolute Gasteiger partial charge is 0.459 e. The summed E-state index contributed by atoms with van der Waals surface area (Å²) in [4.78, 5) is 12.4. The van der Waals surface area contributed by atoms with Gasteiger partial charge in [0.05, 0.1) is 6.04 Å². The van der Waals surface area contributed by atoms with Gasteiger partial charge in [-0.05, 0) is 19.1 Å². The molecule has 0 aliphatic carbocycles. The van der Waals surface area contributed by atoms with E-state index in [0.717, 1.165) is 16.7 Å². The van der Waals surface area contributed by atoms with E-state index in [0.29, 0.717) is 12.5 Å². The Bertz CT molecular complexity index is 822. The summed E-state index contributed by atoms with van der Waals surface area (Å²) in [5.74, 6) is 1.24. The molecule has 136 valence electrons. The Morgan fingerprint density at radius 3 is 2.42 bits per heavy atom. The third-order valence-corrected chi connectivity index (χ3v) is 4.71. The minimum atomic E-state index is -0.155. The van der Waals surface area contributed by atoms with Crippen LogP contribution in [0.4, 0.5) is 0 Å². The summed E-state index contributed by atoms with van der Waals surface area (Å²) in [6.07, 6.45) is 0. The lowest BCUT2D eigenvalue weighted by molar-refractivity contribution is -0.692. The standard InChI is InChI=1S/C22H26N2O2/c1-15(2)22(17-9-5-4-6-10-17)23-14-21(25)24-16(3)20-13-18-11-7-8-12-19(18)26-20/h4-13,15-16,22-23H,14H2,1-3H3,(H,24,25)/p+1/t16-,22-/m0/s1. The van der Waals surface area contributed by atoms with Gasteiger partial charge in [-0.1, -0.05) is 62.4 Å². The van der Waals surface area contributed by atoms with Crippen molar-refractivity contribution in [1.82, 2.24) is 5.32 Å². The van der Waals surface area contributed by atoms with Gasteiger partial charge in [-0.15, -0.1) is 0 Å². The zero-order valence-electron chi connectivity index (χ0n) is 15.6. The number of fused-ring (bicyclic) bond motifs is 1. The Balaban J connectivity index is 1.59. The number of nitrogens with two attached hydrogens (primary N) is 1. The highest BCUT2D eigenvalue weighted by Crippen LogP contribution is 2.23. The Kier molecular flexibility index (Phi) is 5.74. The van der Waals surface area contributed by atoms with Gasteiger partial charge in [-0.2, -0.15) is 0 Å². The normalized spacial score (nSPS) is 13.7. The molecule has 4 heteroatoms. The van der Waals surface area contributed by atoms with Crippen molar-refractivity contribution in [1.29, 1.82) is 0 Å². The van der Waals surface area contributed by atoms with Gasteiger partial charge in [0.25, 0.3) is 5.91 Å². The summed E-state index contributed by atoms with van der Waals surface area (Å²) in [7, 11) is 0. The minimum absolute atomic E-state index is 0.0135. The number of hydrogen-bond donors (Lipinski definition) is 2. The molecule has 3 N–H and O–H groups in total. The third kappa shape index (κ3) is 4.33. The molecule has 0 aliphatic rings. The summed E-state index contributed by atoms with van der Waals surface area (Å²) in [5, 5.41) is 6.21. The van der Waals surface area contributed by atoms with Crippen LogP contribution in [0.5, 0.6) is 0 Å². The average molecular weight is 351 g/mol. The number of furan rings is 1. The molecule has 0 radical (unpaired) electrons. The first-order chi connectivity index (χ1) is 12.5. The second kappa shape index (κ2) is 8.19. The molecule has 2 aromatic carbocycles. The number of nitrogens with one attached hydrogen (secondary N) is 1. The van der Waals surface area contributed by atoms with Crippen LogP contribution in [0.1, 0.15) is 44.2 Å². The van der Waals surface area contributed by atoms with Crippen LogP contribution >= 0.6 is 0 Å². The fourth-order valence-electron chi connectivity index (χ4n) is 3.29. The van der Waals surface area contributed by atoms with E-state index in [1.54, 1.807) is 0 Å². The summed E-state index contributed by atoms with van der Waals surface area (Å²) in [6.45, 7) is 6.71. The van der Waals surface area contributed by atoms with E-state index in [1.807, 2.05) is 55.5 Å². The van der Waals surface area contributed by atoms with Crippen molar-refractivity contribution in [3.8, 4) is 0 Å². The molecule has 4 nitrogen and oxygen atoms in total. The lowest BCUT2D eigenvalue weighted by atomic mass is 9.96. The van der Waals surface area contributed by atoms with Gasteiger partial charge in [0.2, 0.25) is 0 Å². The van der Waals surface area contributed by atoms with Crippen LogP contribution in [0.15, 0.2) is 65.1 Å². The van der Waals surface area contributed by atoms with E-state index in [4.69, 9.17) is 4.42 Å². The van der Waals surface area contributed by atoms with E-state index in [-0.39, 0.29) is 18.0 Å². The van der Waals surface area contributed by atoms with Gasteiger partial charge in [-0.25, -0.2) is 0 Å². The molecule has 0 unspecified atom stereocenters. The number of amides is 1. The van der Waals surface area contributed by atoms with Crippen molar-refractivity contribution in [3.05, 3.63) is 72.0 Å². The van der Waals surface area contributed by atoms with Gasteiger partial charge in [0, 0.05) is 16.9 Å². The molecule has 0 bridgehead atoms. The maximum Gasteiger partial charge on any atom is 0.275 e. The Labute approximate surface area is 154 Å². The first kappa shape index (κ1) is 18.2. The Hall–Kier alpha value is -2.59. The number of rotatable bonds is 7.